The third-order valence-electron chi connectivity index (χ3n) is 4.59. The molecule has 0 radical (unpaired) electrons. The van der Waals surface area contributed by atoms with Crippen LogP contribution in [0.5, 0.6) is 0 Å². The molecule has 0 fully saturated rings. The van der Waals surface area contributed by atoms with Gasteiger partial charge in [-0.3, -0.25) is 0 Å². The van der Waals surface area contributed by atoms with Crippen molar-refractivity contribution in [1.29, 1.82) is 0 Å². The summed E-state index contributed by atoms with van der Waals surface area (Å²) in [4.78, 5) is 48.9. The lowest BCUT2D eigenvalue weighted by Gasteiger charge is -2.35. The molecule has 0 saturated heterocycles. The lowest BCUT2D eigenvalue weighted by atomic mass is 10.0. The van der Waals surface area contributed by atoms with Gasteiger partial charge in [-0.15, -0.1) is 11.8 Å². The maximum absolute atomic E-state index is 12.4. The molecule has 1 rings (SSSR count). The molecule has 0 aliphatic carbocycles. The van der Waals surface area contributed by atoms with Crippen LogP contribution in [0.15, 0.2) is 30.3 Å². The molecule has 2 amide bonds. The van der Waals surface area contributed by atoms with Gasteiger partial charge in [-0.2, -0.15) is 0 Å². The fourth-order valence-electron chi connectivity index (χ4n) is 2.61. The normalized spacial score (nSPS) is 14.2. The number of thioether (sulfide) groups is 1. The first-order valence-electron chi connectivity index (χ1n) is 10.5. The molecule has 0 unspecified atom stereocenters. The zero-order valence-corrected chi connectivity index (χ0v) is 21.4. The van der Waals surface area contributed by atoms with Gasteiger partial charge in [0.2, 0.25) is 0 Å². The summed E-state index contributed by atoms with van der Waals surface area (Å²) in [6.07, 6.45) is -1.72. The highest BCUT2D eigenvalue weighted by Gasteiger charge is 2.43. The highest BCUT2D eigenvalue weighted by molar-refractivity contribution is 8.00. The average Bonchev–Trinajstić information content (AvgIpc) is 2.73. The van der Waals surface area contributed by atoms with Crippen molar-refractivity contribution in [3.8, 4) is 0 Å². The number of nitrogens with one attached hydrogen (secondary N) is 2. The van der Waals surface area contributed by atoms with E-state index < -0.39 is 46.1 Å². The van der Waals surface area contributed by atoms with E-state index in [-0.39, 0.29) is 12.4 Å². The molecule has 1 aromatic rings. The Morgan fingerprint density at radius 2 is 1.59 bits per heavy atom. The van der Waals surface area contributed by atoms with Crippen molar-refractivity contribution in [2.45, 2.75) is 70.1 Å². The Morgan fingerprint density at radius 3 is 2.09 bits per heavy atom. The van der Waals surface area contributed by atoms with Crippen molar-refractivity contribution in [2.75, 3.05) is 12.9 Å². The van der Waals surface area contributed by atoms with Crippen LogP contribution in [0.4, 0.5) is 9.59 Å². The smallest absolute Gasteiger partial charge is 0.408 e. The number of rotatable bonds is 10. The van der Waals surface area contributed by atoms with Crippen LogP contribution in [-0.2, 0) is 30.4 Å². The second kappa shape index (κ2) is 12.0. The number of carbonyl (C=O) groups is 4. The molecule has 34 heavy (non-hydrogen) atoms. The minimum atomic E-state index is -1.71. The number of carbonyl (C=O) groups excluding carboxylic acids is 3. The molecule has 0 bridgehead atoms. The number of benzene rings is 1. The first kappa shape index (κ1) is 29.1. The van der Waals surface area contributed by atoms with Crippen molar-refractivity contribution in [3.63, 3.8) is 0 Å². The monoisotopic (exact) mass is 498 g/mol. The molecular formula is C23H34N2O8S. The number of amides is 2. The topological polar surface area (TPSA) is 140 Å². The molecule has 0 heterocycles. The molecule has 0 aromatic heterocycles. The van der Waals surface area contributed by atoms with Gasteiger partial charge >= 0.3 is 24.1 Å². The van der Waals surface area contributed by atoms with Gasteiger partial charge in [-0.05, 0) is 47.1 Å². The first-order valence-corrected chi connectivity index (χ1v) is 11.5. The second-order valence-electron chi connectivity index (χ2n) is 9.32. The Morgan fingerprint density at radius 1 is 1.00 bits per heavy atom. The summed E-state index contributed by atoms with van der Waals surface area (Å²) in [6, 6.07) is 7.85. The summed E-state index contributed by atoms with van der Waals surface area (Å²) in [7, 11) is 1.18. The van der Waals surface area contributed by atoms with E-state index in [1.807, 2.05) is 6.07 Å². The maximum atomic E-state index is 12.4. The van der Waals surface area contributed by atoms with Crippen molar-refractivity contribution in [1.82, 2.24) is 10.6 Å². The molecule has 11 heteroatoms. The quantitative estimate of drug-likeness (QED) is 0.327. The van der Waals surface area contributed by atoms with Gasteiger partial charge in [0.1, 0.15) is 23.8 Å². The summed E-state index contributed by atoms with van der Waals surface area (Å²) >= 11 is 1.06. The van der Waals surface area contributed by atoms with Crippen LogP contribution in [0.3, 0.4) is 0 Å². The van der Waals surface area contributed by atoms with Crippen LogP contribution >= 0.6 is 11.8 Å². The highest BCUT2D eigenvalue weighted by atomic mass is 32.2. The van der Waals surface area contributed by atoms with Crippen LogP contribution in [0, 0.1) is 0 Å². The van der Waals surface area contributed by atoms with E-state index in [4.69, 9.17) is 14.2 Å². The van der Waals surface area contributed by atoms with Crippen molar-refractivity contribution >= 4 is 35.9 Å². The van der Waals surface area contributed by atoms with Gasteiger partial charge in [0, 0.05) is 10.5 Å². The van der Waals surface area contributed by atoms with E-state index in [0.717, 1.165) is 17.3 Å². The number of hydrogen-bond acceptors (Lipinski definition) is 8. The van der Waals surface area contributed by atoms with Crippen LogP contribution in [0.2, 0.25) is 0 Å². The molecule has 0 aliphatic heterocycles. The van der Waals surface area contributed by atoms with Crippen LogP contribution in [-0.4, -0.2) is 64.0 Å². The molecular weight excluding hydrogens is 464 g/mol. The number of carboxylic acids is 1. The predicted molar refractivity (Wildman–Crippen MR) is 128 cm³/mol. The Labute approximate surface area is 204 Å². The molecule has 1 aromatic carbocycles. The summed E-state index contributed by atoms with van der Waals surface area (Å²) in [5, 5.41) is 14.6. The van der Waals surface area contributed by atoms with Gasteiger partial charge in [-0.1, -0.05) is 30.3 Å². The van der Waals surface area contributed by atoms with E-state index in [0.29, 0.717) is 0 Å². The van der Waals surface area contributed by atoms with Crippen molar-refractivity contribution in [2.24, 2.45) is 0 Å². The second-order valence-corrected chi connectivity index (χ2v) is 10.9. The number of hydrogen-bond donors (Lipinski definition) is 3. The van der Waals surface area contributed by atoms with Gasteiger partial charge in [0.15, 0.2) is 0 Å². The minimum Gasteiger partial charge on any atom is -0.479 e. The maximum Gasteiger partial charge on any atom is 0.408 e. The zero-order chi connectivity index (χ0) is 26.2. The third kappa shape index (κ3) is 9.50. The van der Waals surface area contributed by atoms with Gasteiger partial charge in [0.05, 0.1) is 7.11 Å². The Balaban J connectivity index is 2.90. The predicted octanol–water partition coefficient (Wildman–Crippen LogP) is 3.33. The number of esters is 1. The van der Waals surface area contributed by atoms with Gasteiger partial charge in [-0.25, -0.2) is 19.2 Å². The summed E-state index contributed by atoms with van der Waals surface area (Å²) < 4.78 is 14.2. The lowest BCUT2D eigenvalue weighted by molar-refractivity contribution is -0.144. The number of methoxy groups -OCH3 is 1. The van der Waals surface area contributed by atoms with E-state index in [1.165, 1.54) is 14.0 Å². The Kier molecular flexibility index (Phi) is 10.2. The fourth-order valence-corrected chi connectivity index (χ4v) is 3.79. The molecule has 2 atom stereocenters. The van der Waals surface area contributed by atoms with E-state index >= 15 is 0 Å². The number of ether oxygens (including phenoxy) is 3. The molecule has 190 valence electrons. The van der Waals surface area contributed by atoms with Crippen molar-refractivity contribution < 1.29 is 38.5 Å². The largest absolute Gasteiger partial charge is 0.479 e. The van der Waals surface area contributed by atoms with E-state index in [2.05, 4.69) is 10.6 Å². The Hall–Kier alpha value is -2.95. The van der Waals surface area contributed by atoms with Gasteiger partial charge in [0.25, 0.3) is 0 Å². The average molecular weight is 499 g/mol. The van der Waals surface area contributed by atoms with E-state index in [9.17, 15) is 24.3 Å². The van der Waals surface area contributed by atoms with Crippen LogP contribution < -0.4 is 10.6 Å². The van der Waals surface area contributed by atoms with Crippen molar-refractivity contribution in [3.05, 3.63) is 35.9 Å². The molecule has 10 nitrogen and oxygen atoms in total. The summed E-state index contributed by atoms with van der Waals surface area (Å²) in [6.45, 7) is 9.60. The lowest BCUT2D eigenvalue weighted by Crippen LogP contribution is -2.58. The number of carboxylic acid groups (broad SMARTS) is 1. The molecule has 0 saturated carbocycles. The van der Waals surface area contributed by atoms with E-state index in [1.54, 1.807) is 58.9 Å². The standard InChI is InChI=1S/C23H34N2O8S/c1-21(2,3)33-20(30)25-23(6,18(27)28)14-34-22(4,5)16(17(26)31-7)24-19(29)32-13-15-11-9-8-10-12-15/h8-12,16H,13-14H2,1-7H3,(H,24,29)(H,25,30)(H,27,28)/t16-,23+/m0/s1. The molecule has 3 N–H and O–H groups in total. The highest BCUT2D eigenvalue weighted by Crippen LogP contribution is 2.32. The fraction of sp³-hybridized carbons (Fsp3) is 0.565. The zero-order valence-electron chi connectivity index (χ0n) is 20.6. The molecule has 0 spiro atoms. The SMILES string of the molecule is COC(=O)[C@H](NC(=O)OCc1ccccc1)C(C)(C)SC[C@@](C)(NC(=O)OC(C)(C)C)C(=O)O. The minimum absolute atomic E-state index is 0.00499. The number of aliphatic carboxylic acids is 1. The van der Waals surface area contributed by atoms with Crippen LogP contribution in [0.1, 0.15) is 47.1 Å². The Bertz CT molecular complexity index is 869. The molecule has 0 aliphatic rings. The number of alkyl carbamates (subject to hydrolysis) is 2. The summed E-state index contributed by atoms with van der Waals surface area (Å²) in [5.41, 5.74) is -1.75. The van der Waals surface area contributed by atoms with Gasteiger partial charge < -0.3 is 30.0 Å². The summed E-state index contributed by atoms with van der Waals surface area (Å²) in [5.74, 6) is -2.15. The van der Waals surface area contributed by atoms with Crippen LogP contribution in [0.25, 0.3) is 0 Å². The third-order valence-corrected chi connectivity index (χ3v) is 6.29. The first-order chi connectivity index (χ1) is 15.6.